The minimum absolute atomic E-state index is 0. The van der Waals surface area contributed by atoms with Crippen molar-refractivity contribution in [2.75, 3.05) is 0 Å². The summed E-state index contributed by atoms with van der Waals surface area (Å²) in [6, 6.07) is 0. The molecule has 0 fully saturated rings. The molecule has 12 heavy (non-hydrogen) atoms. The van der Waals surface area contributed by atoms with E-state index in [1.165, 1.54) is 30.9 Å². The molecule has 0 N–H and O–H groups in total. The van der Waals surface area contributed by atoms with Crippen LogP contribution in [0.5, 0.6) is 0 Å². The molecule has 0 spiro atoms. The van der Waals surface area contributed by atoms with Crippen LogP contribution in [0.25, 0.3) is 0 Å². The molecule has 0 amide bonds. The first-order chi connectivity index (χ1) is 5.12. The SMILES string of the molecule is CCCCC[CH2][Ge]([CH3])([CH3])[CH2]C.[GeH4]. The van der Waals surface area contributed by atoms with Gasteiger partial charge < -0.3 is 0 Å². The van der Waals surface area contributed by atoms with Gasteiger partial charge in [0.1, 0.15) is 0 Å². The van der Waals surface area contributed by atoms with Gasteiger partial charge in [0.25, 0.3) is 0 Å². The summed E-state index contributed by atoms with van der Waals surface area (Å²) in [4.78, 5) is 0. The molecule has 0 aliphatic heterocycles. The van der Waals surface area contributed by atoms with Crippen molar-refractivity contribution in [1.82, 2.24) is 0 Å². The Morgan fingerprint density at radius 3 is 1.92 bits per heavy atom. The molecule has 0 rings (SSSR count). The summed E-state index contributed by atoms with van der Waals surface area (Å²) in [5.41, 5.74) is 0. The van der Waals surface area contributed by atoms with Crippen molar-refractivity contribution < 1.29 is 0 Å². The van der Waals surface area contributed by atoms with Gasteiger partial charge in [-0.25, -0.2) is 0 Å². The first-order valence-electron chi connectivity index (χ1n) is 5.12. The number of unbranched alkanes of at least 4 members (excludes halogenated alkanes) is 3. The zero-order valence-electron chi connectivity index (χ0n) is 8.74. The molecule has 0 aromatic heterocycles. The predicted molar refractivity (Wildman–Crippen MR) is 68.2 cm³/mol. The Hall–Kier alpha value is 1.09. The van der Waals surface area contributed by atoms with Crippen molar-refractivity contribution in [3.05, 3.63) is 0 Å². The Balaban J connectivity index is 0. The molecular formula is C10H28Ge2. The fraction of sp³-hybridized carbons (Fsp3) is 1.00. The van der Waals surface area contributed by atoms with E-state index in [1.54, 1.807) is 5.25 Å². The van der Waals surface area contributed by atoms with Crippen LogP contribution in [-0.2, 0) is 0 Å². The van der Waals surface area contributed by atoms with Crippen LogP contribution >= 0.6 is 0 Å². The van der Waals surface area contributed by atoms with E-state index in [0.29, 0.717) is 0 Å². The van der Waals surface area contributed by atoms with E-state index in [9.17, 15) is 0 Å². The van der Waals surface area contributed by atoms with Gasteiger partial charge in [-0.15, -0.1) is 0 Å². The van der Waals surface area contributed by atoms with Crippen LogP contribution < -0.4 is 0 Å². The van der Waals surface area contributed by atoms with Crippen LogP contribution in [0.4, 0.5) is 0 Å². The molecule has 2 heteroatoms. The number of hydrogen-bond acceptors (Lipinski definition) is 0. The topological polar surface area (TPSA) is 0 Å². The molecule has 0 aromatic carbocycles. The van der Waals surface area contributed by atoms with Crippen LogP contribution in [0.2, 0.25) is 22.0 Å². The predicted octanol–water partition coefficient (Wildman–Crippen LogP) is 2.84. The molecule has 76 valence electrons. The molecular weight excluding hydrogens is 265 g/mol. The fourth-order valence-corrected chi connectivity index (χ4v) is 4.48. The second-order valence-electron chi connectivity index (χ2n) is 4.33. The van der Waals surface area contributed by atoms with E-state index >= 15 is 0 Å². The third-order valence-corrected chi connectivity index (χ3v) is 10.3. The summed E-state index contributed by atoms with van der Waals surface area (Å²) in [6.45, 7) is 4.66. The van der Waals surface area contributed by atoms with E-state index < -0.39 is 13.3 Å². The molecule has 0 unspecified atom stereocenters. The first kappa shape index (κ1) is 15.6. The fourth-order valence-electron chi connectivity index (χ4n) is 1.21. The number of hydrogen-bond donors (Lipinski definition) is 0. The Morgan fingerprint density at radius 2 is 1.50 bits per heavy atom. The van der Waals surface area contributed by atoms with Crippen molar-refractivity contribution in [3.8, 4) is 0 Å². The average Bonchev–Trinajstić information content (AvgIpc) is 1.99. The average molecular weight is 294 g/mol. The third kappa shape index (κ3) is 9.18. The minimum atomic E-state index is -1.19. The van der Waals surface area contributed by atoms with Crippen molar-refractivity contribution in [2.24, 2.45) is 0 Å². The number of rotatable bonds is 6. The molecule has 0 heterocycles. The van der Waals surface area contributed by atoms with Crippen molar-refractivity contribution in [3.63, 3.8) is 0 Å². The van der Waals surface area contributed by atoms with Gasteiger partial charge in [-0.1, -0.05) is 0 Å². The molecule has 0 aliphatic rings. The molecule has 0 nitrogen and oxygen atoms in total. The summed E-state index contributed by atoms with van der Waals surface area (Å²) in [5, 5.41) is 3.10. The summed E-state index contributed by atoms with van der Waals surface area (Å²) in [5.74, 6) is 5.12. The van der Waals surface area contributed by atoms with Crippen LogP contribution in [0, 0.1) is 0 Å². The van der Waals surface area contributed by atoms with Gasteiger partial charge in [0.2, 0.25) is 0 Å². The summed E-state index contributed by atoms with van der Waals surface area (Å²) < 4.78 is 0. The summed E-state index contributed by atoms with van der Waals surface area (Å²) in [6.07, 6.45) is 5.81. The van der Waals surface area contributed by atoms with Gasteiger partial charge in [0.05, 0.1) is 0 Å². The zero-order valence-corrected chi connectivity index (χ0v) is 10.8. The molecule has 0 aliphatic carbocycles. The molecule has 0 saturated carbocycles. The van der Waals surface area contributed by atoms with Crippen LogP contribution in [-0.4, -0.2) is 30.9 Å². The monoisotopic (exact) mass is 296 g/mol. The van der Waals surface area contributed by atoms with Gasteiger partial charge in [-0.2, -0.15) is 0 Å². The third-order valence-electron chi connectivity index (χ3n) is 2.66. The van der Waals surface area contributed by atoms with E-state index in [-0.39, 0.29) is 17.6 Å². The maximum absolute atomic E-state index is 2.56. The molecule has 0 radical (unpaired) electrons. The van der Waals surface area contributed by atoms with Crippen molar-refractivity contribution >= 4 is 30.9 Å². The van der Waals surface area contributed by atoms with Gasteiger partial charge in [0.15, 0.2) is 0 Å². The van der Waals surface area contributed by atoms with E-state index in [4.69, 9.17) is 0 Å². The van der Waals surface area contributed by atoms with E-state index in [0.717, 1.165) is 0 Å². The zero-order chi connectivity index (χ0) is 8.74. The Kier molecular flexibility index (Phi) is 11.2. The van der Waals surface area contributed by atoms with E-state index in [1.807, 2.05) is 0 Å². The summed E-state index contributed by atoms with van der Waals surface area (Å²) in [7, 11) is 0. The van der Waals surface area contributed by atoms with Crippen LogP contribution in [0.15, 0.2) is 0 Å². The van der Waals surface area contributed by atoms with Gasteiger partial charge in [-0.3, -0.25) is 0 Å². The van der Waals surface area contributed by atoms with Crippen LogP contribution in [0.3, 0.4) is 0 Å². The molecule has 0 aromatic rings. The van der Waals surface area contributed by atoms with E-state index in [2.05, 4.69) is 25.4 Å². The Morgan fingerprint density at radius 1 is 0.917 bits per heavy atom. The summed E-state index contributed by atoms with van der Waals surface area (Å²) >= 11 is -1.19. The molecule has 0 atom stereocenters. The normalized spacial score (nSPS) is 11.0. The first-order valence-corrected chi connectivity index (χ1v) is 12.3. The standard InChI is InChI=1S/C10H24Ge.GeH4/c1-5-7-8-9-10-11(3,4)6-2;/h5-10H2,1-4H3;1H4. The van der Waals surface area contributed by atoms with Crippen LogP contribution in [0.1, 0.15) is 39.5 Å². The van der Waals surface area contributed by atoms with Gasteiger partial charge >= 0.3 is 92.4 Å². The Bertz CT molecular complexity index is 89.8. The van der Waals surface area contributed by atoms with Gasteiger partial charge in [0, 0.05) is 0 Å². The van der Waals surface area contributed by atoms with Gasteiger partial charge in [-0.05, 0) is 0 Å². The molecule has 0 bridgehead atoms. The quantitative estimate of drug-likeness (QED) is 0.522. The second kappa shape index (κ2) is 8.67. The second-order valence-corrected chi connectivity index (χ2v) is 15.9. The van der Waals surface area contributed by atoms with Crippen molar-refractivity contribution in [1.29, 1.82) is 0 Å². The van der Waals surface area contributed by atoms with Crippen molar-refractivity contribution in [2.45, 2.75) is 61.5 Å². The molecule has 0 saturated heterocycles. The maximum atomic E-state index is 2.56. The Labute approximate surface area is 92.2 Å².